The summed E-state index contributed by atoms with van der Waals surface area (Å²) in [6.45, 7) is 6.89. The first kappa shape index (κ1) is 18.0. The molecule has 26 heavy (non-hydrogen) atoms. The van der Waals surface area contributed by atoms with Crippen molar-refractivity contribution in [3.8, 4) is 5.69 Å². The molecule has 3 rings (SSSR count). The number of aromatic nitrogens is 3. The molecule has 1 saturated heterocycles. The Balaban J connectivity index is 1.65. The van der Waals surface area contributed by atoms with Crippen LogP contribution in [-0.2, 0) is 0 Å². The van der Waals surface area contributed by atoms with Gasteiger partial charge in [0.05, 0.1) is 16.3 Å². The van der Waals surface area contributed by atoms with E-state index in [1.165, 1.54) is 16.8 Å². The molecule has 2 aromatic rings. The Morgan fingerprint density at radius 3 is 2.88 bits per heavy atom. The van der Waals surface area contributed by atoms with E-state index in [-0.39, 0.29) is 17.3 Å². The molecule has 0 bridgehead atoms. The lowest BCUT2D eigenvalue weighted by Gasteiger charge is -2.26. The molecule has 1 fully saturated rings. The Morgan fingerprint density at radius 1 is 1.38 bits per heavy atom. The number of hydrogen-bond donors (Lipinski definition) is 2. The van der Waals surface area contributed by atoms with Crippen molar-refractivity contribution in [3.05, 3.63) is 45.8 Å². The van der Waals surface area contributed by atoms with Crippen LogP contribution in [-0.4, -0.2) is 70.0 Å². The predicted octanol–water partition coefficient (Wildman–Crippen LogP) is 0.119. The maximum absolute atomic E-state index is 12.4. The summed E-state index contributed by atoms with van der Waals surface area (Å²) in [6.07, 6.45) is 0. The van der Waals surface area contributed by atoms with Crippen LogP contribution in [0.4, 0.5) is 5.69 Å². The molecule has 1 aliphatic rings. The van der Waals surface area contributed by atoms with Crippen LogP contribution in [0.5, 0.6) is 0 Å². The third-order valence-electron chi connectivity index (χ3n) is 4.32. The molecule has 1 aromatic heterocycles. The van der Waals surface area contributed by atoms with Gasteiger partial charge >= 0.3 is 0 Å². The van der Waals surface area contributed by atoms with Gasteiger partial charge in [0.15, 0.2) is 5.69 Å². The summed E-state index contributed by atoms with van der Waals surface area (Å²) in [6, 6.07) is 6.05. The molecule has 10 heteroatoms. The average Bonchev–Trinajstić information content (AvgIpc) is 3.04. The quantitative estimate of drug-likeness (QED) is 0.555. The Kier molecular flexibility index (Phi) is 5.54. The number of piperazine rings is 1. The first-order valence-electron chi connectivity index (χ1n) is 8.44. The van der Waals surface area contributed by atoms with Gasteiger partial charge in [-0.05, 0) is 13.0 Å². The summed E-state index contributed by atoms with van der Waals surface area (Å²) < 4.78 is 1.43. The number of nitro benzene ring substituents is 1. The molecule has 1 aromatic carbocycles. The minimum Gasteiger partial charge on any atom is -0.349 e. The maximum atomic E-state index is 12.4. The van der Waals surface area contributed by atoms with Gasteiger partial charge in [-0.3, -0.25) is 19.8 Å². The van der Waals surface area contributed by atoms with E-state index >= 15 is 0 Å². The van der Waals surface area contributed by atoms with E-state index in [9.17, 15) is 14.9 Å². The summed E-state index contributed by atoms with van der Waals surface area (Å²) >= 11 is 0. The topological polar surface area (TPSA) is 118 Å². The van der Waals surface area contributed by atoms with Crippen molar-refractivity contribution in [1.82, 2.24) is 30.5 Å². The fourth-order valence-electron chi connectivity index (χ4n) is 2.87. The van der Waals surface area contributed by atoms with Crippen LogP contribution in [0.3, 0.4) is 0 Å². The first-order valence-corrected chi connectivity index (χ1v) is 8.44. The maximum Gasteiger partial charge on any atom is 0.273 e. The number of nitro groups is 1. The van der Waals surface area contributed by atoms with E-state index in [4.69, 9.17) is 0 Å². The van der Waals surface area contributed by atoms with Crippen molar-refractivity contribution in [2.45, 2.75) is 6.92 Å². The molecule has 2 N–H and O–H groups in total. The first-order chi connectivity index (χ1) is 12.6. The lowest BCUT2D eigenvalue weighted by molar-refractivity contribution is -0.384. The van der Waals surface area contributed by atoms with Crippen LogP contribution in [0.2, 0.25) is 0 Å². The van der Waals surface area contributed by atoms with Gasteiger partial charge in [0.25, 0.3) is 11.6 Å². The van der Waals surface area contributed by atoms with Gasteiger partial charge in [0.1, 0.15) is 0 Å². The number of benzene rings is 1. The van der Waals surface area contributed by atoms with Crippen molar-refractivity contribution >= 4 is 11.6 Å². The Labute approximate surface area is 150 Å². The van der Waals surface area contributed by atoms with Crippen molar-refractivity contribution < 1.29 is 9.72 Å². The van der Waals surface area contributed by atoms with Crippen LogP contribution in [0.15, 0.2) is 24.3 Å². The zero-order valence-electron chi connectivity index (χ0n) is 14.5. The van der Waals surface area contributed by atoms with Crippen molar-refractivity contribution in [2.75, 3.05) is 39.3 Å². The van der Waals surface area contributed by atoms with Crippen molar-refractivity contribution in [1.29, 1.82) is 0 Å². The van der Waals surface area contributed by atoms with Crippen LogP contribution in [0.1, 0.15) is 16.2 Å². The number of non-ortho nitro benzene ring substituents is 1. The molecule has 0 spiro atoms. The Morgan fingerprint density at radius 2 is 2.15 bits per heavy atom. The number of amides is 1. The minimum atomic E-state index is -0.473. The molecular weight excluding hydrogens is 338 g/mol. The summed E-state index contributed by atoms with van der Waals surface area (Å²) in [5.74, 6) is -0.297. The van der Waals surface area contributed by atoms with E-state index < -0.39 is 4.92 Å². The van der Waals surface area contributed by atoms with Gasteiger partial charge in [-0.15, -0.1) is 5.10 Å². The lowest BCUT2D eigenvalue weighted by Crippen LogP contribution is -2.46. The smallest absolute Gasteiger partial charge is 0.273 e. The second-order valence-electron chi connectivity index (χ2n) is 6.06. The number of rotatable bonds is 6. The van der Waals surface area contributed by atoms with Gasteiger partial charge in [-0.25, -0.2) is 4.68 Å². The van der Waals surface area contributed by atoms with Gasteiger partial charge in [0.2, 0.25) is 0 Å². The third kappa shape index (κ3) is 4.03. The number of nitrogens with zero attached hydrogens (tertiary/aromatic N) is 5. The summed E-state index contributed by atoms with van der Waals surface area (Å²) in [5.41, 5.74) is 1.20. The summed E-state index contributed by atoms with van der Waals surface area (Å²) in [5, 5.41) is 25.0. The van der Waals surface area contributed by atoms with E-state index in [2.05, 4.69) is 25.8 Å². The highest BCUT2D eigenvalue weighted by Crippen LogP contribution is 2.18. The summed E-state index contributed by atoms with van der Waals surface area (Å²) in [7, 11) is 0. The standard InChI is InChI=1S/C16H21N7O3/c1-12-15(16(24)18-7-10-21-8-5-17-6-9-21)19-20-22(12)13-3-2-4-14(11-13)23(25)26/h2-4,11,17H,5-10H2,1H3,(H,18,24). The molecule has 0 saturated carbocycles. The normalized spacial score (nSPS) is 15.0. The molecule has 0 atom stereocenters. The zero-order chi connectivity index (χ0) is 18.5. The Hall–Kier alpha value is -2.85. The number of carbonyl (C=O) groups is 1. The Bertz CT molecular complexity index is 799. The fourth-order valence-corrected chi connectivity index (χ4v) is 2.87. The van der Waals surface area contributed by atoms with E-state index in [0.29, 0.717) is 17.9 Å². The number of carbonyl (C=O) groups excluding carboxylic acids is 1. The molecule has 10 nitrogen and oxygen atoms in total. The van der Waals surface area contributed by atoms with Crippen LogP contribution < -0.4 is 10.6 Å². The molecule has 0 aliphatic carbocycles. The summed E-state index contributed by atoms with van der Waals surface area (Å²) in [4.78, 5) is 25.1. The molecule has 0 radical (unpaired) electrons. The zero-order valence-corrected chi connectivity index (χ0v) is 14.5. The van der Waals surface area contributed by atoms with Gasteiger partial charge in [0, 0.05) is 51.4 Å². The van der Waals surface area contributed by atoms with Gasteiger partial charge in [-0.1, -0.05) is 11.3 Å². The minimum absolute atomic E-state index is 0.0422. The van der Waals surface area contributed by atoms with Crippen molar-refractivity contribution in [2.24, 2.45) is 0 Å². The van der Waals surface area contributed by atoms with E-state index in [0.717, 1.165) is 32.7 Å². The highest BCUT2D eigenvalue weighted by atomic mass is 16.6. The van der Waals surface area contributed by atoms with E-state index in [1.807, 2.05) is 0 Å². The number of hydrogen-bond acceptors (Lipinski definition) is 7. The third-order valence-corrected chi connectivity index (χ3v) is 4.32. The molecule has 0 unspecified atom stereocenters. The molecule has 1 amide bonds. The van der Waals surface area contributed by atoms with Crippen LogP contribution in [0.25, 0.3) is 5.69 Å². The largest absolute Gasteiger partial charge is 0.349 e. The SMILES string of the molecule is Cc1c(C(=O)NCCN2CCNCC2)nnn1-c1cccc([N+](=O)[O-])c1. The number of nitrogens with one attached hydrogen (secondary N) is 2. The van der Waals surface area contributed by atoms with Crippen LogP contribution in [0, 0.1) is 17.0 Å². The lowest BCUT2D eigenvalue weighted by atomic mass is 10.2. The predicted molar refractivity (Wildman–Crippen MR) is 94.4 cm³/mol. The second kappa shape index (κ2) is 8.02. The molecular formula is C16H21N7O3. The van der Waals surface area contributed by atoms with E-state index in [1.54, 1.807) is 19.1 Å². The van der Waals surface area contributed by atoms with Crippen molar-refractivity contribution in [3.63, 3.8) is 0 Å². The highest BCUT2D eigenvalue weighted by Gasteiger charge is 2.18. The molecule has 2 heterocycles. The molecule has 1 aliphatic heterocycles. The van der Waals surface area contributed by atoms with Gasteiger partial charge in [-0.2, -0.15) is 0 Å². The average molecular weight is 359 g/mol. The molecule has 138 valence electrons. The fraction of sp³-hybridized carbons (Fsp3) is 0.438. The highest BCUT2D eigenvalue weighted by molar-refractivity contribution is 5.93. The monoisotopic (exact) mass is 359 g/mol. The van der Waals surface area contributed by atoms with Gasteiger partial charge < -0.3 is 10.6 Å². The van der Waals surface area contributed by atoms with Crippen LogP contribution >= 0.6 is 0 Å². The second-order valence-corrected chi connectivity index (χ2v) is 6.06.